The molecule has 0 saturated carbocycles. The zero-order valence-electron chi connectivity index (χ0n) is 30.9. The number of thioether (sulfide) groups is 1. The predicted molar refractivity (Wildman–Crippen MR) is 205 cm³/mol. The van der Waals surface area contributed by atoms with Crippen molar-refractivity contribution in [2.75, 3.05) is 31.3 Å². The molecule has 264 valence electrons. The fourth-order valence-electron chi connectivity index (χ4n) is 7.73. The minimum Gasteiger partial charge on any atom is -0.491 e. The van der Waals surface area contributed by atoms with Gasteiger partial charge in [0.2, 0.25) is 0 Å². The average Bonchev–Trinajstić information content (AvgIpc) is 3.04. The van der Waals surface area contributed by atoms with Crippen LogP contribution in [0.25, 0.3) is 11.1 Å². The standard InChI is InChI=1S/C41H60O5SSi/c1-10-43-39(18-21-46-48(29(2)3,30(4)5)31(6)7)35-14-16-37(17-15-35)44-27-34-12-11-13-36(26-34)40-32(8)24-38(25-33(40)9)45-28-41(42)19-22-47-23-20-41/h11-17,24-26,29-31,39,42H,10,18-23,27-28H2,1-9H3/t39-/m0/s1. The third kappa shape index (κ3) is 9.69. The zero-order valence-corrected chi connectivity index (χ0v) is 32.8. The Morgan fingerprint density at radius 3 is 2.02 bits per heavy atom. The van der Waals surface area contributed by atoms with E-state index in [1.54, 1.807) is 0 Å². The van der Waals surface area contributed by atoms with Gasteiger partial charge in [0.05, 0.1) is 6.10 Å². The normalized spacial score (nSPS) is 15.7. The van der Waals surface area contributed by atoms with E-state index in [1.807, 2.05) is 11.8 Å². The van der Waals surface area contributed by atoms with Gasteiger partial charge in [0.15, 0.2) is 8.32 Å². The first-order valence-electron chi connectivity index (χ1n) is 18.0. The lowest BCUT2D eigenvalue weighted by molar-refractivity contribution is -0.0115. The summed E-state index contributed by atoms with van der Waals surface area (Å²) in [6, 6.07) is 21.1. The molecule has 0 aromatic heterocycles. The predicted octanol–water partition coefficient (Wildman–Crippen LogP) is 10.8. The van der Waals surface area contributed by atoms with Gasteiger partial charge in [-0.15, -0.1) is 0 Å². The molecule has 3 aromatic carbocycles. The lowest BCUT2D eigenvalue weighted by Crippen LogP contribution is -2.48. The lowest BCUT2D eigenvalue weighted by atomic mass is 9.94. The molecule has 1 aliphatic rings. The first-order chi connectivity index (χ1) is 22.9. The molecule has 1 N–H and O–H groups in total. The van der Waals surface area contributed by atoms with Crippen LogP contribution in [0.1, 0.15) is 96.1 Å². The van der Waals surface area contributed by atoms with Crippen molar-refractivity contribution in [3.05, 3.63) is 82.9 Å². The highest BCUT2D eigenvalue weighted by molar-refractivity contribution is 7.99. The van der Waals surface area contributed by atoms with Gasteiger partial charge in [-0.25, -0.2) is 0 Å². The smallest absolute Gasteiger partial charge is 0.200 e. The molecule has 5 nitrogen and oxygen atoms in total. The average molecular weight is 693 g/mol. The molecule has 0 spiro atoms. The molecule has 4 rings (SSSR count). The molecule has 1 fully saturated rings. The van der Waals surface area contributed by atoms with Gasteiger partial charge in [-0.05, 0) is 132 Å². The van der Waals surface area contributed by atoms with Crippen LogP contribution in [0, 0.1) is 13.8 Å². The second-order valence-corrected chi connectivity index (χ2v) is 21.2. The first-order valence-corrected chi connectivity index (χ1v) is 21.3. The van der Waals surface area contributed by atoms with Crippen molar-refractivity contribution < 1.29 is 23.7 Å². The quantitative estimate of drug-likeness (QED) is 0.142. The van der Waals surface area contributed by atoms with Gasteiger partial charge >= 0.3 is 0 Å². The van der Waals surface area contributed by atoms with Crippen LogP contribution in [0.3, 0.4) is 0 Å². The highest BCUT2D eigenvalue weighted by atomic mass is 32.2. The Labute approximate surface area is 296 Å². The summed E-state index contributed by atoms with van der Waals surface area (Å²) in [6.07, 6.45) is 2.41. The first kappa shape index (κ1) is 38.5. The Hall–Kier alpha value is -2.29. The van der Waals surface area contributed by atoms with Gasteiger partial charge in [0.1, 0.15) is 30.3 Å². The number of aliphatic hydroxyl groups is 1. The number of ether oxygens (including phenoxy) is 3. The molecule has 0 bridgehead atoms. The van der Waals surface area contributed by atoms with Crippen LogP contribution in [-0.4, -0.2) is 50.4 Å². The van der Waals surface area contributed by atoms with Crippen molar-refractivity contribution in [1.29, 1.82) is 0 Å². The summed E-state index contributed by atoms with van der Waals surface area (Å²) in [5, 5.41) is 10.9. The van der Waals surface area contributed by atoms with Crippen LogP contribution in [0.2, 0.25) is 16.6 Å². The van der Waals surface area contributed by atoms with Gasteiger partial charge in [0.25, 0.3) is 0 Å². The number of hydrogen-bond acceptors (Lipinski definition) is 6. The Kier molecular flexibility index (Phi) is 14.1. The Morgan fingerprint density at radius 2 is 1.44 bits per heavy atom. The molecule has 1 heterocycles. The van der Waals surface area contributed by atoms with Crippen LogP contribution in [0.15, 0.2) is 60.7 Å². The molecule has 0 unspecified atom stereocenters. The molecule has 0 amide bonds. The highest BCUT2D eigenvalue weighted by Gasteiger charge is 2.45. The molecule has 1 atom stereocenters. The van der Waals surface area contributed by atoms with E-state index in [0.717, 1.165) is 76.7 Å². The molecule has 48 heavy (non-hydrogen) atoms. The summed E-state index contributed by atoms with van der Waals surface area (Å²) in [5.74, 6) is 3.64. The molecule has 0 radical (unpaired) electrons. The fourth-order valence-corrected chi connectivity index (χ4v) is 14.5. The van der Waals surface area contributed by atoms with Crippen molar-refractivity contribution in [2.24, 2.45) is 0 Å². The van der Waals surface area contributed by atoms with Crippen molar-refractivity contribution in [3.63, 3.8) is 0 Å². The Morgan fingerprint density at radius 1 is 0.812 bits per heavy atom. The lowest BCUT2D eigenvalue weighted by Gasteiger charge is -2.42. The molecule has 1 aliphatic heterocycles. The number of benzene rings is 3. The van der Waals surface area contributed by atoms with Crippen molar-refractivity contribution in [3.8, 4) is 22.6 Å². The molecule has 7 heteroatoms. The maximum absolute atomic E-state index is 10.9. The second-order valence-electron chi connectivity index (χ2n) is 14.5. The van der Waals surface area contributed by atoms with E-state index >= 15 is 0 Å². The number of hydrogen-bond donors (Lipinski definition) is 1. The second kappa shape index (κ2) is 17.6. The summed E-state index contributed by atoms with van der Waals surface area (Å²) in [5.41, 5.74) is 7.95. The Bertz CT molecular complexity index is 1390. The van der Waals surface area contributed by atoms with E-state index in [0.29, 0.717) is 36.4 Å². The third-order valence-corrected chi connectivity index (χ3v) is 17.2. The summed E-state index contributed by atoms with van der Waals surface area (Å²) in [4.78, 5) is 0. The molecule has 1 saturated heterocycles. The number of rotatable bonds is 17. The van der Waals surface area contributed by atoms with E-state index < -0.39 is 13.9 Å². The minimum atomic E-state index is -1.91. The number of aryl methyl sites for hydroxylation is 2. The monoisotopic (exact) mass is 692 g/mol. The van der Waals surface area contributed by atoms with Gasteiger partial charge < -0.3 is 23.7 Å². The summed E-state index contributed by atoms with van der Waals surface area (Å²) < 4.78 is 25.4. The van der Waals surface area contributed by atoms with E-state index in [2.05, 4.69) is 123 Å². The summed E-state index contributed by atoms with van der Waals surface area (Å²) in [7, 11) is -1.91. The van der Waals surface area contributed by atoms with Crippen LogP contribution in [0.4, 0.5) is 0 Å². The summed E-state index contributed by atoms with van der Waals surface area (Å²) in [6.45, 7) is 22.5. The zero-order chi connectivity index (χ0) is 34.9. The van der Waals surface area contributed by atoms with E-state index in [9.17, 15) is 5.11 Å². The van der Waals surface area contributed by atoms with Crippen LogP contribution < -0.4 is 9.47 Å². The highest BCUT2D eigenvalue weighted by Crippen LogP contribution is 2.42. The van der Waals surface area contributed by atoms with Crippen LogP contribution in [-0.2, 0) is 15.8 Å². The van der Waals surface area contributed by atoms with Crippen LogP contribution >= 0.6 is 11.8 Å². The Balaban J connectivity index is 1.37. The minimum absolute atomic E-state index is 0.00157. The summed E-state index contributed by atoms with van der Waals surface area (Å²) >= 11 is 1.90. The van der Waals surface area contributed by atoms with Gasteiger partial charge in [-0.2, -0.15) is 11.8 Å². The van der Waals surface area contributed by atoms with Crippen molar-refractivity contribution >= 4 is 20.1 Å². The molecular weight excluding hydrogens is 633 g/mol. The van der Waals surface area contributed by atoms with Gasteiger partial charge in [-0.3, -0.25) is 0 Å². The van der Waals surface area contributed by atoms with Crippen LogP contribution in [0.5, 0.6) is 11.5 Å². The van der Waals surface area contributed by atoms with E-state index in [4.69, 9.17) is 18.6 Å². The van der Waals surface area contributed by atoms with Crippen molar-refractivity contribution in [2.45, 2.75) is 117 Å². The molecule has 0 aliphatic carbocycles. The molecular formula is C41H60O5SSi. The third-order valence-electron chi connectivity index (χ3n) is 10.1. The SMILES string of the molecule is CCO[C@@H](CCO[Si](C(C)C)(C(C)C)C(C)C)c1ccc(OCc2cccc(-c3c(C)cc(OCC4(O)CCSCC4)cc3C)c2)cc1. The molecule has 3 aromatic rings. The fraction of sp³-hybridized carbons (Fsp3) is 0.561. The topological polar surface area (TPSA) is 57.2 Å². The van der Waals surface area contributed by atoms with E-state index in [1.165, 1.54) is 5.56 Å². The van der Waals surface area contributed by atoms with Crippen molar-refractivity contribution in [1.82, 2.24) is 0 Å². The van der Waals surface area contributed by atoms with Gasteiger partial charge in [-0.1, -0.05) is 71.9 Å². The largest absolute Gasteiger partial charge is 0.491 e. The maximum Gasteiger partial charge on any atom is 0.200 e. The van der Waals surface area contributed by atoms with Gasteiger partial charge in [0, 0.05) is 13.2 Å². The maximum atomic E-state index is 10.9. The van der Waals surface area contributed by atoms with E-state index in [-0.39, 0.29) is 6.10 Å².